The van der Waals surface area contributed by atoms with E-state index in [0.29, 0.717) is 0 Å². The van der Waals surface area contributed by atoms with Crippen LogP contribution in [0.2, 0.25) is 0 Å². The van der Waals surface area contributed by atoms with Crippen LogP contribution in [0.25, 0.3) is 0 Å². The van der Waals surface area contributed by atoms with E-state index in [9.17, 15) is 0 Å². The molecule has 0 aromatic heterocycles. The Bertz CT molecular complexity index is 144. The van der Waals surface area contributed by atoms with E-state index in [-0.39, 0.29) is 0 Å². The van der Waals surface area contributed by atoms with Gasteiger partial charge in [-0.2, -0.15) is 0 Å². The van der Waals surface area contributed by atoms with Crippen molar-refractivity contribution < 1.29 is 0 Å². The first-order chi connectivity index (χ1) is 4.38. The third-order valence-electron chi connectivity index (χ3n) is 2.99. The van der Waals surface area contributed by atoms with Crippen LogP contribution in [0.4, 0.5) is 0 Å². The molecule has 2 aliphatic carbocycles. The van der Waals surface area contributed by atoms with Crippen molar-refractivity contribution in [2.45, 2.75) is 32.6 Å². The highest BCUT2D eigenvalue weighted by atomic mass is 14.4. The molecule has 1 fully saturated rings. The van der Waals surface area contributed by atoms with Crippen LogP contribution in [0.15, 0.2) is 11.6 Å². The van der Waals surface area contributed by atoms with Crippen LogP contribution in [0.3, 0.4) is 0 Å². The summed E-state index contributed by atoms with van der Waals surface area (Å²) in [5, 5.41) is 0. The minimum absolute atomic E-state index is 1.00. The van der Waals surface area contributed by atoms with Gasteiger partial charge in [0.05, 0.1) is 0 Å². The second kappa shape index (κ2) is 1.86. The third kappa shape index (κ3) is 0.726. The van der Waals surface area contributed by atoms with Crippen LogP contribution in [0, 0.1) is 11.8 Å². The van der Waals surface area contributed by atoms with E-state index in [2.05, 4.69) is 13.0 Å². The molecule has 0 radical (unpaired) electrons. The largest absolute Gasteiger partial charge is 0.0850 e. The maximum absolute atomic E-state index is 2.44. The van der Waals surface area contributed by atoms with Gasteiger partial charge in [-0.25, -0.2) is 0 Å². The second-order valence-corrected chi connectivity index (χ2v) is 3.48. The SMILES string of the molecule is CC1=CC[C@H]2CCC[C@@H]12. The van der Waals surface area contributed by atoms with Gasteiger partial charge in [0.1, 0.15) is 0 Å². The molecule has 0 nitrogen and oxygen atoms in total. The van der Waals surface area contributed by atoms with Gasteiger partial charge in [0.15, 0.2) is 0 Å². The zero-order chi connectivity index (χ0) is 6.27. The fraction of sp³-hybridized carbons (Fsp3) is 0.778. The lowest BCUT2D eigenvalue weighted by Gasteiger charge is -2.09. The molecular weight excluding hydrogens is 108 g/mol. The fourth-order valence-electron chi connectivity index (χ4n) is 2.41. The summed E-state index contributed by atoms with van der Waals surface area (Å²) in [5.74, 6) is 2.06. The molecule has 1 saturated carbocycles. The number of rotatable bonds is 0. The Morgan fingerprint density at radius 2 is 2.33 bits per heavy atom. The summed E-state index contributed by atoms with van der Waals surface area (Å²) in [6, 6.07) is 0. The van der Waals surface area contributed by atoms with Gasteiger partial charge in [-0.15, -0.1) is 0 Å². The van der Waals surface area contributed by atoms with Crippen LogP contribution in [-0.2, 0) is 0 Å². The number of hydrogen-bond acceptors (Lipinski definition) is 0. The maximum Gasteiger partial charge on any atom is -0.0175 e. The zero-order valence-electron chi connectivity index (χ0n) is 6.06. The molecule has 0 unspecified atom stereocenters. The topological polar surface area (TPSA) is 0 Å². The molecule has 0 N–H and O–H groups in total. The molecule has 0 heteroatoms. The van der Waals surface area contributed by atoms with Gasteiger partial charge < -0.3 is 0 Å². The molecule has 2 aliphatic rings. The Morgan fingerprint density at radius 1 is 1.44 bits per heavy atom. The Labute approximate surface area is 57.0 Å². The molecule has 0 spiro atoms. The van der Waals surface area contributed by atoms with Gasteiger partial charge in [0.25, 0.3) is 0 Å². The standard InChI is InChI=1S/C9H14/c1-7-5-6-8-3-2-4-9(7)8/h5,8-9H,2-4,6H2,1H3/t8-,9+/m1/s1. The summed E-state index contributed by atoms with van der Waals surface area (Å²) in [7, 11) is 0. The molecule has 2 rings (SSSR count). The Kier molecular flexibility index (Phi) is 1.14. The molecule has 0 aromatic carbocycles. The number of hydrogen-bond donors (Lipinski definition) is 0. The Morgan fingerprint density at radius 3 is 3.11 bits per heavy atom. The maximum atomic E-state index is 2.44. The molecule has 50 valence electrons. The lowest BCUT2D eigenvalue weighted by molar-refractivity contribution is 0.481. The van der Waals surface area contributed by atoms with Crippen molar-refractivity contribution in [2.24, 2.45) is 11.8 Å². The van der Waals surface area contributed by atoms with E-state index in [0.717, 1.165) is 11.8 Å². The lowest BCUT2D eigenvalue weighted by Crippen LogP contribution is -2.00. The van der Waals surface area contributed by atoms with Crippen molar-refractivity contribution in [2.75, 3.05) is 0 Å². The van der Waals surface area contributed by atoms with Crippen molar-refractivity contribution in [3.63, 3.8) is 0 Å². The molecule has 0 aliphatic heterocycles. The summed E-state index contributed by atoms with van der Waals surface area (Å²) in [6.07, 6.45) is 8.29. The zero-order valence-corrected chi connectivity index (χ0v) is 6.06. The van der Waals surface area contributed by atoms with Gasteiger partial charge in [0.2, 0.25) is 0 Å². The molecular formula is C9H14. The van der Waals surface area contributed by atoms with Crippen molar-refractivity contribution in [1.29, 1.82) is 0 Å². The first-order valence-electron chi connectivity index (χ1n) is 4.04. The molecule has 0 bridgehead atoms. The Balaban J connectivity index is 2.16. The van der Waals surface area contributed by atoms with Crippen LogP contribution in [0.1, 0.15) is 32.6 Å². The molecule has 0 amide bonds. The average molecular weight is 122 g/mol. The minimum atomic E-state index is 1.00. The van der Waals surface area contributed by atoms with E-state index < -0.39 is 0 Å². The van der Waals surface area contributed by atoms with E-state index in [1.54, 1.807) is 5.57 Å². The summed E-state index contributed by atoms with van der Waals surface area (Å²) in [6.45, 7) is 2.30. The van der Waals surface area contributed by atoms with E-state index in [1.165, 1.54) is 25.7 Å². The number of fused-ring (bicyclic) bond motifs is 1. The van der Waals surface area contributed by atoms with E-state index in [1.807, 2.05) is 0 Å². The van der Waals surface area contributed by atoms with Gasteiger partial charge in [-0.1, -0.05) is 18.1 Å². The highest BCUT2D eigenvalue weighted by molar-refractivity contribution is 5.14. The molecule has 0 saturated heterocycles. The second-order valence-electron chi connectivity index (χ2n) is 3.48. The first-order valence-corrected chi connectivity index (χ1v) is 4.04. The molecule has 9 heavy (non-hydrogen) atoms. The normalized spacial score (nSPS) is 40.8. The monoisotopic (exact) mass is 122 g/mol. The number of allylic oxidation sites excluding steroid dienone is 2. The molecule has 2 atom stereocenters. The predicted molar refractivity (Wildman–Crippen MR) is 39.2 cm³/mol. The highest BCUT2D eigenvalue weighted by Crippen LogP contribution is 2.43. The lowest BCUT2D eigenvalue weighted by atomic mass is 9.96. The van der Waals surface area contributed by atoms with Crippen molar-refractivity contribution >= 4 is 0 Å². The smallest absolute Gasteiger partial charge is 0.0175 e. The summed E-state index contributed by atoms with van der Waals surface area (Å²) in [4.78, 5) is 0. The highest BCUT2D eigenvalue weighted by Gasteiger charge is 2.30. The fourth-order valence-corrected chi connectivity index (χ4v) is 2.41. The first kappa shape index (κ1) is 5.52. The average Bonchev–Trinajstić information content (AvgIpc) is 2.35. The van der Waals surface area contributed by atoms with Gasteiger partial charge in [-0.05, 0) is 38.0 Å². The van der Waals surface area contributed by atoms with Gasteiger partial charge in [0, 0.05) is 0 Å². The molecule has 0 aromatic rings. The van der Waals surface area contributed by atoms with Gasteiger partial charge in [-0.3, -0.25) is 0 Å². The van der Waals surface area contributed by atoms with Gasteiger partial charge >= 0.3 is 0 Å². The summed E-state index contributed by atoms with van der Waals surface area (Å²) in [5.41, 5.74) is 1.68. The minimum Gasteiger partial charge on any atom is -0.0850 e. The van der Waals surface area contributed by atoms with Crippen molar-refractivity contribution in [3.8, 4) is 0 Å². The third-order valence-corrected chi connectivity index (χ3v) is 2.99. The Hall–Kier alpha value is -0.260. The van der Waals surface area contributed by atoms with Crippen molar-refractivity contribution in [1.82, 2.24) is 0 Å². The van der Waals surface area contributed by atoms with Crippen LogP contribution < -0.4 is 0 Å². The molecule has 0 heterocycles. The summed E-state index contributed by atoms with van der Waals surface area (Å²) < 4.78 is 0. The van der Waals surface area contributed by atoms with E-state index >= 15 is 0 Å². The van der Waals surface area contributed by atoms with Crippen LogP contribution >= 0.6 is 0 Å². The quantitative estimate of drug-likeness (QED) is 0.433. The van der Waals surface area contributed by atoms with Crippen LogP contribution in [-0.4, -0.2) is 0 Å². The summed E-state index contributed by atoms with van der Waals surface area (Å²) >= 11 is 0. The van der Waals surface area contributed by atoms with Crippen molar-refractivity contribution in [3.05, 3.63) is 11.6 Å². The van der Waals surface area contributed by atoms with Crippen LogP contribution in [0.5, 0.6) is 0 Å². The van der Waals surface area contributed by atoms with E-state index in [4.69, 9.17) is 0 Å². The predicted octanol–water partition coefficient (Wildman–Crippen LogP) is 2.75.